The fourth-order valence-electron chi connectivity index (χ4n) is 2.63. The largest absolute Gasteiger partial charge is 0.300 e. The average molecular weight is 362 g/mol. The van der Waals surface area contributed by atoms with E-state index in [1.54, 1.807) is 42.5 Å². The Hall–Kier alpha value is -2.11. The molecule has 1 aliphatic rings. The van der Waals surface area contributed by atoms with Crippen molar-refractivity contribution in [2.45, 2.75) is 13.0 Å². The summed E-state index contributed by atoms with van der Waals surface area (Å²) >= 11 is 6.20. The van der Waals surface area contributed by atoms with Crippen LogP contribution in [0.2, 0.25) is 5.02 Å². The predicted molar refractivity (Wildman–Crippen MR) is 96.2 cm³/mol. The molecule has 0 saturated carbocycles. The summed E-state index contributed by atoms with van der Waals surface area (Å²) in [6, 6.07) is 13.5. The summed E-state index contributed by atoms with van der Waals surface area (Å²) in [6.07, 6.45) is 1.55. The molecule has 0 fully saturated rings. The molecule has 0 radical (unpaired) electrons. The Labute approximate surface area is 146 Å². The summed E-state index contributed by atoms with van der Waals surface area (Å²) < 4.78 is 23.6. The highest BCUT2D eigenvalue weighted by Crippen LogP contribution is 2.28. The molecule has 24 heavy (non-hydrogen) atoms. The van der Waals surface area contributed by atoms with Crippen LogP contribution in [-0.4, -0.2) is 26.1 Å². The molecular weight excluding hydrogens is 346 g/mol. The minimum absolute atomic E-state index is 0.128. The van der Waals surface area contributed by atoms with Gasteiger partial charge in [0.05, 0.1) is 11.8 Å². The van der Waals surface area contributed by atoms with E-state index in [0.29, 0.717) is 16.3 Å². The third-order valence-electron chi connectivity index (χ3n) is 3.92. The maximum Gasteiger partial charge on any atom is 0.258 e. The Morgan fingerprint density at radius 1 is 1.17 bits per heavy atom. The van der Waals surface area contributed by atoms with Crippen LogP contribution in [0.15, 0.2) is 60.0 Å². The number of hydrogen-bond acceptors (Lipinski definition) is 3. The predicted octanol–water partition coefficient (Wildman–Crippen LogP) is 3.61. The Morgan fingerprint density at radius 2 is 1.88 bits per heavy atom. The summed E-state index contributed by atoms with van der Waals surface area (Å²) in [4.78, 5) is 14.5. The third-order valence-corrected chi connectivity index (χ3v) is 5.70. The van der Waals surface area contributed by atoms with Gasteiger partial charge in [0.1, 0.15) is 0 Å². The first-order valence-electron chi connectivity index (χ1n) is 7.43. The fourth-order valence-corrected chi connectivity index (χ4v) is 4.07. The quantitative estimate of drug-likeness (QED) is 0.839. The van der Waals surface area contributed by atoms with Gasteiger partial charge in [0.2, 0.25) is 0 Å². The molecular formula is C18H16ClNO3S. The van der Waals surface area contributed by atoms with E-state index >= 15 is 0 Å². The molecule has 3 rings (SSSR count). The Kier molecular flexibility index (Phi) is 4.47. The molecule has 2 aromatic carbocycles. The van der Waals surface area contributed by atoms with Gasteiger partial charge >= 0.3 is 0 Å². The van der Waals surface area contributed by atoms with Gasteiger partial charge in [0.25, 0.3) is 5.91 Å². The molecule has 1 aliphatic heterocycles. The van der Waals surface area contributed by atoms with Gasteiger partial charge in [-0.2, -0.15) is 0 Å². The number of anilines is 1. The van der Waals surface area contributed by atoms with E-state index in [1.807, 2.05) is 19.1 Å². The first-order chi connectivity index (χ1) is 11.4. The van der Waals surface area contributed by atoms with Gasteiger partial charge in [-0.1, -0.05) is 35.9 Å². The lowest BCUT2D eigenvalue weighted by Gasteiger charge is -2.28. The number of rotatable bonds is 3. The van der Waals surface area contributed by atoms with Crippen LogP contribution in [0.4, 0.5) is 5.69 Å². The summed E-state index contributed by atoms with van der Waals surface area (Å²) in [7, 11) is -3.29. The maximum atomic E-state index is 13.0. The average Bonchev–Trinajstić information content (AvgIpc) is 2.91. The van der Waals surface area contributed by atoms with Gasteiger partial charge in [-0.05, 0) is 42.8 Å². The summed E-state index contributed by atoms with van der Waals surface area (Å²) in [5.74, 6) is -0.390. The van der Waals surface area contributed by atoms with Crippen LogP contribution in [0, 0.1) is 6.92 Å². The second-order valence-corrected chi connectivity index (χ2v) is 8.04. The molecule has 0 spiro atoms. The standard InChI is InChI=1S/C18H16ClNO3S/c1-13-7-8-15(11-17(13)19)20(16-9-10-24(22,23)12-16)18(21)14-5-3-2-4-6-14/h2-11,16H,12H2,1H3/t16-/m1/s1. The summed E-state index contributed by atoms with van der Waals surface area (Å²) in [5.41, 5.74) is 1.96. The van der Waals surface area contributed by atoms with E-state index in [1.165, 1.54) is 10.3 Å². The van der Waals surface area contributed by atoms with E-state index in [9.17, 15) is 13.2 Å². The zero-order valence-electron chi connectivity index (χ0n) is 13.0. The van der Waals surface area contributed by atoms with Crippen molar-refractivity contribution in [3.63, 3.8) is 0 Å². The van der Waals surface area contributed by atoms with Crippen LogP contribution in [0.1, 0.15) is 15.9 Å². The molecule has 0 unspecified atom stereocenters. The third kappa shape index (κ3) is 3.37. The Balaban J connectivity index is 2.06. The van der Waals surface area contributed by atoms with Gasteiger partial charge in [0.15, 0.2) is 9.84 Å². The van der Waals surface area contributed by atoms with Crippen molar-refractivity contribution in [3.8, 4) is 0 Å². The van der Waals surface area contributed by atoms with E-state index in [4.69, 9.17) is 11.6 Å². The topological polar surface area (TPSA) is 54.5 Å². The Bertz CT molecular complexity index is 907. The zero-order valence-corrected chi connectivity index (χ0v) is 14.6. The highest BCUT2D eigenvalue weighted by atomic mass is 35.5. The van der Waals surface area contributed by atoms with Crippen molar-refractivity contribution in [1.82, 2.24) is 0 Å². The molecule has 1 atom stereocenters. The van der Waals surface area contributed by atoms with Gasteiger partial charge < -0.3 is 4.90 Å². The molecule has 0 N–H and O–H groups in total. The van der Waals surface area contributed by atoms with Gasteiger partial charge in [0, 0.05) is 21.7 Å². The minimum atomic E-state index is -3.29. The molecule has 0 aliphatic carbocycles. The smallest absolute Gasteiger partial charge is 0.258 e. The van der Waals surface area contributed by atoms with Crippen LogP contribution in [0.3, 0.4) is 0 Å². The normalized spacial score (nSPS) is 18.5. The van der Waals surface area contributed by atoms with Gasteiger partial charge in [-0.15, -0.1) is 0 Å². The van der Waals surface area contributed by atoms with Crippen molar-refractivity contribution in [2.75, 3.05) is 10.7 Å². The lowest BCUT2D eigenvalue weighted by Crippen LogP contribution is -2.41. The first-order valence-corrected chi connectivity index (χ1v) is 9.52. The Morgan fingerprint density at radius 3 is 2.46 bits per heavy atom. The second kappa shape index (κ2) is 6.42. The molecule has 2 aromatic rings. The van der Waals surface area contributed by atoms with Crippen LogP contribution in [0.5, 0.6) is 0 Å². The van der Waals surface area contributed by atoms with E-state index in [2.05, 4.69) is 0 Å². The monoisotopic (exact) mass is 361 g/mol. The number of halogens is 1. The second-order valence-electron chi connectivity index (χ2n) is 5.70. The van der Waals surface area contributed by atoms with Gasteiger partial charge in [-0.3, -0.25) is 4.79 Å². The van der Waals surface area contributed by atoms with Crippen molar-refractivity contribution in [2.24, 2.45) is 0 Å². The number of sulfone groups is 1. The van der Waals surface area contributed by atoms with Crippen molar-refractivity contribution < 1.29 is 13.2 Å². The highest BCUT2D eigenvalue weighted by Gasteiger charge is 2.32. The fraction of sp³-hybridized carbons (Fsp3) is 0.167. The first kappa shape index (κ1) is 16.7. The number of carbonyl (C=O) groups is 1. The number of nitrogens with zero attached hydrogens (tertiary/aromatic N) is 1. The summed E-state index contributed by atoms with van der Waals surface area (Å²) in [5, 5.41) is 1.70. The molecule has 1 heterocycles. The number of carbonyl (C=O) groups excluding carboxylic acids is 1. The number of amides is 1. The van der Waals surface area contributed by atoms with Crippen LogP contribution in [0.25, 0.3) is 0 Å². The van der Waals surface area contributed by atoms with Crippen molar-refractivity contribution in [1.29, 1.82) is 0 Å². The van der Waals surface area contributed by atoms with Crippen molar-refractivity contribution >= 4 is 33.0 Å². The molecule has 124 valence electrons. The molecule has 4 nitrogen and oxygen atoms in total. The molecule has 1 amide bonds. The van der Waals surface area contributed by atoms with Crippen LogP contribution >= 0.6 is 11.6 Å². The number of aryl methyl sites for hydroxylation is 1. The molecule has 0 saturated heterocycles. The van der Waals surface area contributed by atoms with Crippen LogP contribution < -0.4 is 4.90 Å². The highest BCUT2D eigenvalue weighted by molar-refractivity contribution is 7.94. The van der Waals surface area contributed by atoms with Gasteiger partial charge in [-0.25, -0.2) is 8.42 Å². The van der Waals surface area contributed by atoms with Crippen molar-refractivity contribution in [3.05, 3.63) is 76.2 Å². The van der Waals surface area contributed by atoms with E-state index in [-0.39, 0.29) is 11.7 Å². The van der Waals surface area contributed by atoms with E-state index in [0.717, 1.165) is 5.56 Å². The summed E-state index contributed by atoms with van der Waals surface area (Å²) in [6.45, 7) is 1.87. The van der Waals surface area contributed by atoms with E-state index < -0.39 is 15.9 Å². The lowest BCUT2D eigenvalue weighted by molar-refractivity contribution is 0.0983. The van der Waals surface area contributed by atoms with Crippen LogP contribution in [-0.2, 0) is 9.84 Å². The minimum Gasteiger partial charge on any atom is -0.300 e. The number of hydrogen-bond donors (Lipinski definition) is 0. The molecule has 0 aromatic heterocycles. The zero-order chi connectivity index (χ0) is 17.3. The number of benzene rings is 2. The molecule has 6 heteroatoms. The SMILES string of the molecule is Cc1ccc(N(C(=O)c2ccccc2)[C@@H]2C=CS(=O)(=O)C2)cc1Cl. The lowest BCUT2D eigenvalue weighted by atomic mass is 10.1. The molecule has 0 bridgehead atoms. The maximum absolute atomic E-state index is 13.0.